The molecule has 1 heterocycles. The summed E-state index contributed by atoms with van der Waals surface area (Å²) in [6.45, 7) is 10.4. The van der Waals surface area contributed by atoms with Gasteiger partial charge in [0.25, 0.3) is 5.56 Å². The summed E-state index contributed by atoms with van der Waals surface area (Å²) in [7, 11) is 0. The highest BCUT2D eigenvalue weighted by Gasteiger charge is 2.14. The maximum atomic E-state index is 12.0. The van der Waals surface area contributed by atoms with Gasteiger partial charge in [-0.15, -0.1) is 0 Å². The molecule has 3 heteroatoms. The van der Waals surface area contributed by atoms with Gasteiger partial charge < -0.3 is 0 Å². The SMILES string of the molecule is CCc1c(CC(C)C)[nH]n(C(C)C)c1=O. The number of hydrogen-bond acceptors (Lipinski definition) is 1. The average molecular weight is 210 g/mol. The highest BCUT2D eigenvalue weighted by molar-refractivity contribution is 5.18. The molecule has 0 saturated heterocycles. The Balaban J connectivity index is 3.16. The maximum Gasteiger partial charge on any atom is 0.270 e. The number of rotatable bonds is 4. The fourth-order valence-corrected chi connectivity index (χ4v) is 1.84. The third-order valence-corrected chi connectivity index (χ3v) is 2.58. The number of nitrogens with zero attached hydrogens (tertiary/aromatic N) is 1. The van der Waals surface area contributed by atoms with Crippen molar-refractivity contribution in [3.8, 4) is 0 Å². The molecule has 0 saturated carbocycles. The number of aromatic nitrogens is 2. The first kappa shape index (κ1) is 12.1. The lowest BCUT2D eigenvalue weighted by molar-refractivity contribution is 0.505. The predicted octanol–water partition coefficient (Wildman–Crippen LogP) is 2.52. The van der Waals surface area contributed by atoms with Crippen LogP contribution in [0.2, 0.25) is 0 Å². The van der Waals surface area contributed by atoms with E-state index in [1.54, 1.807) is 4.68 Å². The average Bonchev–Trinajstić information content (AvgIpc) is 2.41. The first-order valence-corrected chi connectivity index (χ1v) is 5.79. The van der Waals surface area contributed by atoms with Crippen LogP contribution in [0.3, 0.4) is 0 Å². The summed E-state index contributed by atoms with van der Waals surface area (Å²) in [5.74, 6) is 0.578. The smallest absolute Gasteiger partial charge is 0.270 e. The number of hydrogen-bond donors (Lipinski definition) is 1. The van der Waals surface area contributed by atoms with Crippen LogP contribution in [0.4, 0.5) is 0 Å². The second kappa shape index (κ2) is 4.69. The van der Waals surface area contributed by atoms with Crippen molar-refractivity contribution in [3.63, 3.8) is 0 Å². The molecule has 86 valence electrons. The van der Waals surface area contributed by atoms with E-state index in [0.717, 1.165) is 24.1 Å². The zero-order valence-corrected chi connectivity index (χ0v) is 10.4. The molecule has 0 spiro atoms. The molecule has 1 aromatic rings. The van der Waals surface area contributed by atoms with Crippen molar-refractivity contribution >= 4 is 0 Å². The van der Waals surface area contributed by atoms with Crippen molar-refractivity contribution in [3.05, 3.63) is 21.6 Å². The largest absolute Gasteiger partial charge is 0.299 e. The van der Waals surface area contributed by atoms with E-state index < -0.39 is 0 Å². The van der Waals surface area contributed by atoms with Crippen LogP contribution in [0.15, 0.2) is 4.79 Å². The van der Waals surface area contributed by atoms with E-state index in [9.17, 15) is 4.79 Å². The Bertz CT molecular complexity index is 371. The van der Waals surface area contributed by atoms with Gasteiger partial charge in [0.1, 0.15) is 0 Å². The summed E-state index contributed by atoms with van der Waals surface area (Å²) in [6.07, 6.45) is 1.77. The van der Waals surface area contributed by atoms with Gasteiger partial charge in [0.05, 0.1) is 0 Å². The molecule has 15 heavy (non-hydrogen) atoms. The predicted molar refractivity (Wildman–Crippen MR) is 63.4 cm³/mol. The van der Waals surface area contributed by atoms with Crippen LogP contribution < -0.4 is 5.56 Å². The molecule has 0 aromatic carbocycles. The molecule has 0 bridgehead atoms. The highest BCUT2D eigenvalue weighted by Crippen LogP contribution is 2.11. The number of aromatic amines is 1. The molecule has 0 fully saturated rings. The zero-order valence-electron chi connectivity index (χ0n) is 10.4. The monoisotopic (exact) mass is 210 g/mol. The minimum Gasteiger partial charge on any atom is -0.299 e. The van der Waals surface area contributed by atoms with Gasteiger partial charge in [0.15, 0.2) is 0 Å². The molecular weight excluding hydrogens is 188 g/mol. The van der Waals surface area contributed by atoms with E-state index in [1.807, 2.05) is 20.8 Å². The van der Waals surface area contributed by atoms with Crippen LogP contribution in [-0.2, 0) is 12.8 Å². The van der Waals surface area contributed by atoms with Gasteiger partial charge in [-0.25, -0.2) is 0 Å². The standard InChI is InChI=1S/C12H22N2O/c1-6-10-11(7-8(2)3)13-14(9(4)5)12(10)15/h8-9,13H,6-7H2,1-5H3. The van der Waals surface area contributed by atoms with Gasteiger partial charge in [-0.05, 0) is 32.6 Å². The van der Waals surface area contributed by atoms with Gasteiger partial charge in [0.2, 0.25) is 0 Å². The molecule has 1 aromatic heterocycles. The lowest BCUT2D eigenvalue weighted by Gasteiger charge is -2.06. The van der Waals surface area contributed by atoms with Crippen LogP contribution in [-0.4, -0.2) is 9.78 Å². The van der Waals surface area contributed by atoms with E-state index in [4.69, 9.17) is 0 Å². The van der Waals surface area contributed by atoms with Crippen molar-refractivity contribution in [1.82, 2.24) is 9.78 Å². The number of H-pyrrole nitrogens is 1. The minimum atomic E-state index is 0.156. The molecule has 0 amide bonds. The summed E-state index contributed by atoms with van der Waals surface area (Å²) in [5.41, 5.74) is 2.23. The lowest BCUT2D eigenvalue weighted by Crippen LogP contribution is -2.20. The van der Waals surface area contributed by atoms with Crippen molar-refractivity contribution < 1.29 is 0 Å². The summed E-state index contributed by atoms with van der Waals surface area (Å²) in [5, 5.41) is 3.24. The molecule has 0 unspecified atom stereocenters. The van der Waals surface area contributed by atoms with Crippen molar-refractivity contribution in [1.29, 1.82) is 0 Å². The summed E-state index contributed by atoms with van der Waals surface area (Å²) >= 11 is 0. The fraction of sp³-hybridized carbons (Fsp3) is 0.750. The zero-order chi connectivity index (χ0) is 11.6. The normalized spacial score (nSPS) is 11.7. The lowest BCUT2D eigenvalue weighted by atomic mass is 10.0. The Morgan fingerprint density at radius 3 is 2.27 bits per heavy atom. The Kier molecular flexibility index (Phi) is 3.77. The summed E-state index contributed by atoms with van der Waals surface area (Å²) in [4.78, 5) is 12.0. The highest BCUT2D eigenvalue weighted by atomic mass is 16.1. The second-order valence-corrected chi connectivity index (χ2v) is 4.79. The summed E-state index contributed by atoms with van der Waals surface area (Å²) in [6, 6.07) is 0.212. The molecule has 0 aliphatic heterocycles. The Labute approximate surface area is 91.5 Å². The van der Waals surface area contributed by atoms with E-state index >= 15 is 0 Å². The second-order valence-electron chi connectivity index (χ2n) is 4.79. The van der Waals surface area contributed by atoms with E-state index in [1.165, 1.54) is 0 Å². The third kappa shape index (κ3) is 2.52. The van der Waals surface area contributed by atoms with Gasteiger partial charge in [0, 0.05) is 17.3 Å². The van der Waals surface area contributed by atoms with Crippen LogP contribution in [0.25, 0.3) is 0 Å². The van der Waals surface area contributed by atoms with E-state index in [2.05, 4.69) is 18.9 Å². The van der Waals surface area contributed by atoms with Crippen LogP contribution in [0.5, 0.6) is 0 Å². The maximum absolute atomic E-state index is 12.0. The van der Waals surface area contributed by atoms with Crippen LogP contribution in [0, 0.1) is 5.92 Å². The molecule has 0 aliphatic rings. The van der Waals surface area contributed by atoms with Gasteiger partial charge >= 0.3 is 0 Å². The molecule has 3 nitrogen and oxygen atoms in total. The van der Waals surface area contributed by atoms with Gasteiger partial charge in [-0.1, -0.05) is 20.8 Å². The minimum absolute atomic E-state index is 0.156. The van der Waals surface area contributed by atoms with Crippen molar-refractivity contribution in [2.24, 2.45) is 5.92 Å². The van der Waals surface area contributed by atoms with E-state index in [0.29, 0.717) is 5.92 Å². The molecule has 0 radical (unpaired) electrons. The molecule has 0 aliphatic carbocycles. The summed E-state index contributed by atoms with van der Waals surface area (Å²) < 4.78 is 1.73. The number of nitrogens with one attached hydrogen (secondary N) is 1. The molecule has 1 rings (SSSR count). The first-order chi connectivity index (χ1) is 6.97. The van der Waals surface area contributed by atoms with Gasteiger partial charge in [-0.2, -0.15) is 0 Å². The molecular formula is C12H22N2O. The Morgan fingerprint density at radius 1 is 1.27 bits per heavy atom. The van der Waals surface area contributed by atoms with Gasteiger partial charge in [-0.3, -0.25) is 14.6 Å². The molecule has 0 atom stereocenters. The van der Waals surface area contributed by atoms with Crippen molar-refractivity contribution in [2.45, 2.75) is 53.5 Å². The van der Waals surface area contributed by atoms with E-state index in [-0.39, 0.29) is 11.6 Å². The fourth-order valence-electron chi connectivity index (χ4n) is 1.84. The van der Waals surface area contributed by atoms with Crippen molar-refractivity contribution in [2.75, 3.05) is 0 Å². The van der Waals surface area contributed by atoms with Crippen LogP contribution >= 0.6 is 0 Å². The Hall–Kier alpha value is -0.990. The Morgan fingerprint density at radius 2 is 1.87 bits per heavy atom. The molecule has 1 N–H and O–H groups in total. The topological polar surface area (TPSA) is 37.8 Å². The quantitative estimate of drug-likeness (QED) is 0.814. The van der Waals surface area contributed by atoms with Crippen LogP contribution in [0.1, 0.15) is 51.9 Å². The third-order valence-electron chi connectivity index (χ3n) is 2.58. The first-order valence-electron chi connectivity index (χ1n) is 5.79.